The average molecular weight is 453 g/mol. The summed E-state index contributed by atoms with van der Waals surface area (Å²) in [6, 6.07) is 0.474. The third kappa shape index (κ3) is 3.94. The number of fused-ring (bicyclic) bond motifs is 1. The van der Waals surface area contributed by atoms with Gasteiger partial charge < -0.3 is 15.4 Å². The summed E-state index contributed by atoms with van der Waals surface area (Å²) in [6.45, 7) is 11.9. The molecule has 134 valence electrons. The molecule has 0 aromatic rings. The molecule has 4 unspecified atom stereocenters. The maximum atomic E-state index is 5.89. The number of thioether (sulfide) groups is 1. The van der Waals surface area contributed by atoms with Crippen LogP contribution in [0.5, 0.6) is 0 Å². The summed E-state index contributed by atoms with van der Waals surface area (Å²) < 4.78 is 6.22. The van der Waals surface area contributed by atoms with Crippen LogP contribution in [0.4, 0.5) is 0 Å². The van der Waals surface area contributed by atoms with Crippen molar-refractivity contribution in [2.24, 2.45) is 16.3 Å². The largest absolute Gasteiger partial charge is 0.377 e. The maximum Gasteiger partial charge on any atom is 0.191 e. The summed E-state index contributed by atoms with van der Waals surface area (Å²) in [5.41, 5.74) is 0.198. The second-order valence-corrected chi connectivity index (χ2v) is 9.47. The quantitative estimate of drug-likeness (QED) is 0.390. The molecule has 4 atom stereocenters. The monoisotopic (exact) mass is 453 g/mol. The van der Waals surface area contributed by atoms with Gasteiger partial charge in [-0.1, -0.05) is 13.8 Å². The van der Waals surface area contributed by atoms with E-state index in [0.29, 0.717) is 22.8 Å². The van der Waals surface area contributed by atoms with E-state index in [0.717, 1.165) is 25.7 Å². The first kappa shape index (κ1) is 19.6. The number of ether oxygens (including phenoxy) is 1. The van der Waals surface area contributed by atoms with E-state index in [9.17, 15) is 0 Å². The van der Waals surface area contributed by atoms with Gasteiger partial charge in [0, 0.05) is 35.3 Å². The van der Waals surface area contributed by atoms with Crippen LogP contribution in [0.15, 0.2) is 4.99 Å². The maximum absolute atomic E-state index is 5.89. The smallest absolute Gasteiger partial charge is 0.191 e. The highest BCUT2D eigenvalue weighted by Crippen LogP contribution is 2.52. The van der Waals surface area contributed by atoms with Crippen LogP contribution in [0.2, 0.25) is 0 Å². The predicted molar refractivity (Wildman–Crippen MR) is 110 cm³/mol. The van der Waals surface area contributed by atoms with E-state index < -0.39 is 0 Å². The number of hydrogen-bond donors (Lipinski definition) is 2. The molecule has 0 aromatic carbocycles. The number of guanidine groups is 1. The summed E-state index contributed by atoms with van der Waals surface area (Å²) in [6.07, 6.45) is 4.22. The summed E-state index contributed by atoms with van der Waals surface area (Å²) in [5, 5.41) is 7.14. The van der Waals surface area contributed by atoms with Crippen LogP contribution in [0.3, 0.4) is 0 Å². The number of halogens is 1. The lowest BCUT2D eigenvalue weighted by Gasteiger charge is -2.55. The van der Waals surface area contributed by atoms with E-state index in [-0.39, 0.29) is 29.4 Å². The minimum atomic E-state index is 0. The Morgan fingerprint density at radius 3 is 2.78 bits per heavy atom. The highest BCUT2D eigenvalue weighted by Gasteiger charge is 2.59. The Balaban J connectivity index is 0.00000192. The van der Waals surface area contributed by atoms with Crippen molar-refractivity contribution in [1.29, 1.82) is 0 Å². The lowest BCUT2D eigenvalue weighted by atomic mass is 9.57. The molecule has 1 aliphatic carbocycles. The molecule has 0 radical (unpaired) electrons. The molecule has 3 fully saturated rings. The van der Waals surface area contributed by atoms with Crippen molar-refractivity contribution in [3.05, 3.63) is 0 Å². The Morgan fingerprint density at radius 1 is 1.35 bits per heavy atom. The lowest BCUT2D eigenvalue weighted by Crippen LogP contribution is -2.68. The average Bonchev–Trinajstić information content (AvgIpc) is 3.10. The summed E-state index contributed by atoms with van der Waals surface area (Å²) >= 11 is 2.08. The van der Waals surface area contributed by atoms with Crippen molar-refractivity contribution in [3.8, 4) is 0 Å². The molecule has 3 aliphatic rings. The highest BCUT2D eigenvalue weighted by molar-refractivity contribution is 14.0. The van der Waals surface area contributed by atoms with E-state index in [1.165, 1.54) is 25.0 Å². The number of nitrogens with zero attached hydrogens (tertiary/aromatic N) is 1. The van der Waals surface area contributed by atoms with Crippen LogP contribution in [0.25, 0.3) is 0 Å². The van der Waals surface area contributed by atoms with E-state index in [1.807, 2.05) is 0 Å². The van der Waals surface area contributed by atoms with Gasteiger partial charge in [0.15, 0.2) is 5.96 Å². The van der Waals surface area contributed by atoms with E-state index in [1.54, 1.807) is 0 Å². The van der Waals surface area contributed by atoms with Gasteiger partial charge in [-0.3, -0.25) is 4.99 Å². The molecule has 2 heterocycles. The Bertz CT molecular complexity index is 438. The molecule has 3 rings (SSSR count). The van der Waals surface area contributed by atoms with Gasteiger partial charge >= 0.3 is 0 Å². The Hall–Kier alpha value is 0.310. The molecule has 2 saturated heterocycles. The summed E-state index contributed by atoms with van der Waals surface area (Å²) in [4.78, 5) is 4.90. The summed E-state index contributed by atoms with van der Waals surface area (Å²) in [7, 11) is 0. The second-order valence-electron chi connectivity index (χ2n) is 7.78. The zero-order chi connectivity index (χ0) is 15.8. The van der Waals surface area contributed by atoms with E-state index in [2.05, 4.69) is 50.1 Å². The Labute approximate surface area is 162 Å². The zero-order valence-corrected chi connectivity index (χ0v) is 18.0. The fourth-order valence-electron chi connectivity index (χ4n) is 4.29. The van der Waals surface area contributed by atoms with Gasteiger partial charge in [-0.15, -0.1) is 24.0 Å². The van der Waals surface area contributed by atoms with Crippen molar-refractivity contribution in [3.63, 3.8) is 0 Å². The summed E-state index contributed by atoms with van der Waals surface area (Å²) in [5.74, 6) is 2.92. The van der Waals surface area contributed by atoms with Gasteiger partial charge in [-0.05, 0) is 38.9 Å². The third-order valence-electron chi connectivity index (χ3n) is 5.61. The topological polar surface area (TPSA) is 45.7 Å². The standard InChI is InChI=1S/C17H31N3OS.HI/c1-5-18-15(19-11-17(4)8-6-10-22-17)20-13-12-7-9-21-14(12)16(13,2)3;/h12-14H,5-11H2,1-4H3,(H2,18,19,20);1H. The van der Waals surface area contributed by atoms with Crippen molar-refractivity contribution >= 4 is 41.7 Å². The predicted octanol–water partition coefficient (Wildman–Crippen LogP) is 3.26. The Morgan fingerprint density at radius 2 is 2.13 bits per heavy atom. The molecule has 2 aliphatic heterocycles. The van der Waals surface area contributed by atoms with E-state index in [4.69, 9.17) is 9.73 Å². The van der Waals surface area contributed by atoms with Crippen LogP contribution in [-0.2, 0) is 4.74 Å². The molecule has 0 aromatic heterocycles. The number of nitrogens with one attached hydrogen (secondary N) is 2. The van der Waals surface area contributed by atoms with Crippen LogP contribution in [0, 0.1) is 11.3 Å². The number of hydrogen-bond acceptors (Lipinski definition) is 3. The van der Waals surface area contributed by atoms with Crippen molar-refractivity contribution in [2.75, 3.05) is 25.4 Å². The molecular formula is C17H32IN3OS. The zero-order valence-electron chi connectivity index (χ0n) is 14.9. The van der Waals surface area contributed by atoms with Crippen molar-refractivity contribution in [1.82, 2.24) is 10.6 Å². The van der Waals surface area contributed by atoms with Gasteiger partial charge in [0.05, 0.1) is 12.6 Å². The van der Waals surface area contributed by atoms with Gasteiger partial charge in [0.2, 0.25) is 0 Å². The molecule has 4 nitrogen and oxygen atoms in total. The van der Waals surface area contributed by atoms with Crippen LogP contribution in [-0.4, -0.2) is 48.3 Å². The van der Waals surface area contributed by atoms with Crippen LogP contribution in [0.1, 0.15) is 47.0 Å². The second kappa shape index (κ2) is 7.68. The molecular weight excluding hydrogens is 421 g/mol. The third-order valence-corrected chi connectivity index (χ3v) is 7.13. The van der Waals surface area contributed by atoms with Crippen LogP contribution >= 0.6 is 35.7 Å². The molecule has 0 bridgehead atoms. The fourth-order valence-corrected chi connectivity index (χ4v) is 5.52. The number of aliphatic imine (C=N–C) groups is 1. The van der Waals surface area contributed by atoms with E-state index >= 15 is 0 Å². The van der Waals surface area contributed by atoms with Gasteiger partial charge in [-0.25, -0.2) is 0 Å². The molecule has 23 heavy (non-hydrogen) atoms. The number of rotatable bonds is 4. The first-order valence-electron chi connectivity index (χ1n) is 8.77. The van der Waals surface area contributed by atoms with Gasteiger partial charge in [0.25, 0.3) is 0 Å². The fraction of sp³-hybridized carbons (Fsp3) is 0.941. The molecule has 0 spiro atoms. The van der Waals surface area contributed by atoms with Gasteiger partial charge in [0.1, 0.15) is 0 Å². The SMILES string of the molecule is CCNC(=NCC1(C)CCCS1)NC1C2CCOC2C1(C)C.I. The van der Waals surface area contributed by atoms with Gasteiger partial charge in [-0.2, -0.15) is 11.8 Å². The lowest BCUT2D eigenvalue weighted by molar-refractivity contribution is -0.106. The molecule has 2 N–H and O–H groups in total. The first-order chi connectivity index (χ1) is 10.5. The first-order valence-corrected chi connectivity index (χ1v) is 9.75. The molecule has 0 amide bonds. The minimum absolute atomic E-state index is 0. The molecule has 1 saturated carbocycles. The van der Waals surface area contributed by atoms with Crippen molar-refractivity contribution < 1.29 is 4.74 Å². The minimum Gasteiger partial charge on any atom is -0.377 e. The Kier molecular flexibility index (Phi) is 6.56. The highest BCUT2D eigenvalue weighted by atomic mass is 127. The van der Waals surface area contributed by atoms with Crippen LogP contribution < -0.4 is 10.6 Å². The van der Waals surface area contributed by atoms with Crippen molar-refractivity contribution in [2.45, 2.75) is 63.9 Å². The molecule has 6 heteroatoms. The normalized spacial score (nSPS) is 38.4.